The van der Waals surface area contributed by atoms with Crippen molar-refractivity contribution in [1.82, 2.24) is 24.6 Å². The third kappa shape index (κ3) is 4.92. The van der Waals surface area contributed by atoms with Gasteiger partial charge in [0.15, 0.2) is 11.5 Å². The first-order valence-electron chi connectivity index (χ1n) is 11.6. The number of hydrogen-bond donors (Lipinski definition) is 3. The zero-order valence-electron chi connectivity index (χ0n) is 19.5. The van der Waals surface area contributed by atoms with Crippen LogP contribution in [0.25, 0.3) is 0 Å². The summed E-state index contributed by atoms with van der Waals surface area (Å²) in [5.41, 5.74) is 6.99. The van der Waals surface area contributed by atoms with Crippen LogP contribution in [0.4, 0.5) is 23.1 Å². The van der Waals surface area contributed by atoms with Crippen molar-refractivity contribution in [2.45, 2.75) is 18.9 Å². The fourth-order valence-electron chi connectivity index (χ4n) is 4.21. The average molecular weight is 491 g/mol. The first-order chi connectivity index (χ1) is 17.5. The molecular formula is C24H26N8O4. The van der Waals surface area contributed by atoms with Crippen LogP contribution in [0.3, 0.4) is 0 Å². The van der Waals surface area contributed by atoms with Gasteiger partial charge in [0, 0.05) is 37.2 Å². The van der Waals surface area contributed by atoms with Crippen LogP contribution in [-0.4, -0.2) is 62.8 Å². The zero-order chi connectivity index (χ0) is 25.1. The summed E-state index contributed by atoms with van der Waals surface area (Å²) in [5, 5.41) is 10.7. The first kappa shape index (κ1) is 23.1. The van der Waals surface area contributed by atoms with Gasteiger partial charge >= 0.3 is 0 Å². The molecule has 2 aromatic heterocycles. The lowest BCUT2D eigenvalue weighted by Gasteiger charge is -2.32. The summed E-state index contributed by atoms with van der Waals surface area (Å²) in [4.78, 5) is 34.4. The Morgan fingerprint density at radius 2 is 1.97 bits per heavy atom. The fourth-order valence-corrected chi connectivity index (χ4v) is 4.21. The number of rotatable bonds is 7. The van der Waals surface area contributed by atoms with Crippen molar-refractivity contribution >= 4 is 35.0 Å². The number of anilines is 4. The Kier molecular flexibility index (Phi) is 6.39. The van der Waals surface area contributed by atoms with Gasteiger partial charge in [-0.15, -0.1) is 0 Å². The Balaban J connectivity index is 1.33. The Morgan fingerprint density at radius 1 is 1.14 bits per heavy atom. The monoisotopic (exact) mass is 490 g/mol. The molecule has 3 aromatic rings. The predicted molar refractivity (Wildman–Crippen MR) is 132 cm³/mol. The van der Waals surface area contributed by atoms with E-state index in [1.54, 1.807) is 29.3 Å². The summed E-state index contributed by atoms with van der Waals surface area (Å²) in [6, 6.07) is 5.40. The van der Waals surface area contributed by atoms with Crippen LogP contribution < -0.4 is 25.8 Å². The number of amides is 2. The number of carbonyl (C=O) groups excluding carboxylic acids is 2. The first-order valence-corrected chi connectivity index (χ1v) is 11.6. The second-order valence-corrected chi connectivity index (χ2v) is 8.42. The maximum Gasteiger partial charge on any atom is 0.254 e. The van der Waals surface area contributed by atoms with Crippen molar-refractivity contribution in [2.24, 2.45) is 5.73 Å². The van der Waals surface area contributed by atoms with Crippen LogP contribution in [0.1, 0.15) is 29.2 Å². The molecule has 0 radical (unpaired) electrons. The van der Waals surface area contributed by atoms with Crippen molar-refractivity contribution in [3.8, 4) is 11.5 Å². The highest BCUT2D eigenvalue weighted by molar-refractivity contribution is 5.98. The maximum atomic E-state index is 12.0. The van der Waals surface area contributed by atoms with Gasteiger partial charge in [0.05, 0.1) is 17.9 Å². The molecule has 0 spiro atoms. The van der Waals surface area contributed by atoms with Gasteiger partial charge < -0.3 is 30.7 Å². The van der Waals surface area contributed by atoms with Crippen molar-refractivity contribution in [2.75, 3.05) is 36.9 Å². The average Bonchev–Trinajstić information content (AvgIpc) is 3.36. The van der Waals surface area contributed by atoms with Gasteiger partial charge in [-0.2, -0.15) is 10.1 Å². The number of nitrogens with one attached hydrogen (secondary N) is 2. The zero-order valence-corrected chi connectivity index (χ0v) is 19.5. The van der Waals surface area contributed by atoms with Crippen LogP contribution >= 0.6 is 0 Å². The molecule has 4 N–H and O–H groups in total. The van der Waals surface area contributed by atoms with Gasteiger partial charge in [0.1, 0.15) is 24.6 Å². The third-order valence-electron chi connectivity index (χ3n) is 5.97. The lowest BCUT2D eigenvalue weighted by Crippen LogP contribution is -2.39. The molecule has 12 nitrogen and oxygen atoms in total. The number of nitrogens with zero attached hydrogens (tertiary/aromatic N) is 5. The van der Waals surface area contributed by atoms with Crippen molar-refractivity contribution < 1.29 is 19.1 Å². The second-order valence-electron chi connectivity index (χ2n) is 8.42. The van der Waals surface area contributed by atoms with E-state index in [1.165, 1.54) is 12.3 Å². The van der Waals surface area contributed by atoms with Crippen LogP contribution in [0.5, 0.6) is 11.5 Å². The normalized spacial score (nSPS) is 16.8. The van der Waals surface area contributed by atoms with E-state index in [0.29, 0.717) is 49.2 Å². The van der Waals surface area contributed by atoms with Gasteiger partial charge in [0.2, 0.25) is 11.9 Å². The number of primary amides is 1. The smallest absolute Gasteiger partial charge is 0.254 e. The molecule has 0 saturated carbocycles. The molecule has 186 valence electrons. The molecule has 2 amide bonds. The molecule has 0 bridgehead atoms. The van der Waals surface area contributed by atoms with E-state index in [2.05, 4.69) is 32.3 Å². The van der Waals surface area contributed by atoms with Crippen molar-refractivity contribution in [1.29, 1.82) is 0 Å². The number of aromatic nitrogens is 4. The fraction of sp³-hybridized carbons (Fsp3) is 0.292. The van der Waals surface area contributed by atoms with E-state index in [-0.39, 0.29) is 29.3 Å². The second kappa shape index (κ2) is 9.94. The van der Waals surface area contributed by atoms with E-state index in [9.17, 15) is 9.59 Å². The molecule has 4 heterocycles. The van der Waals surface area contributed by atoms with Crippen LogP contribution in [0.2, 0.25) is 0 Å². The molecule has 12 heteroatoms. The topological polar surface area (TPSA) is 150 Å². The highest BCUT2D eigenvalue weighted by Crippen LogP contribution is 2.34. The number of likely N-dealkylation sites (tertiary alicyclic amines) is 1. The SMILES string of the molecule is C=CC(=O)N1CCC[C@H](n2cc(Nc3ncc(C(N)=O)c(Nc4ccc5c(c4)OCCO5)n3)cn2)C1. The standard InChI is InChI=1S/C24H26N8O4/c1-2-21(33)31-7-3-4-17(14-31)32-13-16(11-27-32)29-24-26-12-18(22(25)34)23(30-24)28-15-5-6-19-20(10-15)36-9-8-35-19/h2,5-6,10-13,17H,1,3-4,7-9,14H2,(H2,25,34)(H2,26,28,29,30)/t17-/m0/s1. The summed E-state index contributed by atoms with van der Waals surface area (Å²) < 4.78 is 13.0. The number of carbonyl (C=O) groups is 2. The Hall–Kier alpha value is -4.61. The quantitative estimate of drug-likeness (QED) is 0.424. The Bertz CT molecular complexity index is 1310. The van der Waals surface area contributed by atoms with Crippen LogP contribution in [0, 0.1) is 0 Å². The lowest BCUT2D eigenvalue weighted by atomic mass is 10.1. The summed E-state index contributed by atoms with van der Waals surface area (Å²) >= 11 is 0. The van der Waals surface area contributed by atoms with Crippen LogP contribution in [-0.2, 0) is 4.79 Å². The number of fused-ring (bicyclic) bond motifs is 1. The number of hydrogen-bond acceptors (Lipinski definition) is 9. The van der Waals surface area contributed by atoms with Crippen molar-refractivity contribution in [3.05, 3.63) is 55.0 Å². The highest BCUT2D eigenvalue weighted by atomic mass is 16.6. The third-order valence-corrected chi connectivity index (χ3v) is 5.97. The molecule has 36 heavy (non-hydrogen) atoms. The minimum Gasteiger partial charge on any atom is -0.486 e. The van der Waals surface area contributed by atoms with Gasteiger partial charge in [0.25, 0.3) is 5.91 Å². The molecular weight excluding hydrogens is 464 g/mol. The van der Waals surface area contributed by atoms with Gasteiger partial charge in [-0.05, 0) is 31.1 Å². The Morgan fingerprint density at radius 3 is 2.78 bits per heavy atom. The summed E-state index contributed by atoms with van der Waals surface area (Å²) in [5.74, 6) is 1.01. The van der Waals surface area contributed by atoms with Gasteiger partial charge in [-0.1, -0.05) is 6.58 Å². The maximum absolute atomic E-state index is 12.0. The molecule has 2 aliphatic heterocycles. The molecule has 0 aliphatic carbocycles. The minimum atomic E-state index is -0.662. The molecule has 1 aromatic carbocycles. The predicted octanol–water partition coefficient (Wildman–Crippen LogP) is 2.38. The van der Waals surface area contributed by atoms with Gasteiger partial charge in [-0.25, -0.2) is 4.98 Å². The number of benzene rings is 1. The molecule has 1 atom stereocenters. The van der Waals surface area contributed by atoms with E-state index in [1.807, 2.05) is 10.9 Å². The summed E-state index contributed by atoms with van der Waals surface area (Å²) in [7, 11) is 0. The Labute approximate surface area is 207 Å². The summed E-state index contributed by atoms with van der Waals surface area (Å²) in [6.45, 7) is 5.81. The van der Waals surface area contributed by atoms with Crippen molar-refractivity contribution in [3.63, 3.8) is 0 Å². The number of ether oxygens (including phenoxy) is 2. The molecule has 0 unspecified atom stereocenters. The van der Waals surface area contributed by atoms with E-state index in [0.717, 1.165) is 12.8 Å². The largest absolute Gasteiger partial charge is 0.486 e. The highest BCUT2D eigenvalue weighted by Gasteiger charge is 2.24. The van der Waals surface area contributed by atoms with E-state index >= 15 is 0 Å². The molecule has 5 rings (SSSR count). The minimum absolute atomic E-state index is 0.0591. The van der Waals surface area contributed by atoms with E-state index in [4.69, 9.17) is 15.2 Å². The number of piperidine rings is 1. The summed E-state index contributed by atoms with van der Waals surface area (Å²) in [6.07, 6.45) is 8.00. The molecule has 1 fully saturated rings. The number of nitrogens with two attached hydrogens (primary N) is 1. The lowest BCUT2D eigenvalue weighted by molar-refractivity contribution is -0.127. The van der Waals surface area contributed by atoms with Gasteiger partial charge in [-0.3, -0.25) is 14.3 Å². The van der Waals surface area contributed by atoms with Crippen LogP contribution in [0.15, 0.2) is 49.4 Å². The van der Waals surface area contributed by atoms with E-state index < -0.39 is 5.91 Å². The molecule has 2 aliphatic rings. The molecule has 1 saturated heterocycles.